The van der Waals surface area contributed by atoms with Gasteiger partial charge >= 0.3 is 12.2 Å². The molecule has 10 nitrogen and oxygen atoms in total. The van der Waals surface area contributed by atoms with E-state index in [1.165, 1.54) is 0 Å². The molecule has 1 atom stereocenters. The van der Waals surface area contributed by atoms with Crippen molar-refractivity contribution < 1.29 is 19.1 Å². The van der Waals surface area contributed by atoms with Crippen LogP contribution in [0.1, 0.15) is 46.5 Å². The smallest absolute Gasteiger partial charge is 0.410 e. The van der Waals surface area contributed by atoms with Gasteiger partial charge in [-0.1, -0.05) is 5.11 Å². The largest absolute Gasteiger partial charge is 0.444 e. The number of azide groups is 1. The summed E-state index contributed by atoms with van der Waals surface area (Å²) in [6, 6.07) is 0.683. The molecular formula is C19H32N6O4. The van der Waals surface area contributed by atoms with Crippen molar-refractivity contribution in [1.82, 2.24) is 14.7 Å². The van der Waals surface area contributed by atoms with Crippen molar-refractivity contribution in [2.24, 2.45) is 5.11 Å². The van der Waals surface area contributed by atoms with Gasteiger partial charge in [-0.2, -0.15) is 0 Å². The molecule has 0 radical (unpaired) electrons. The average molecular weight is 409 g/mol. The van der Waals surface area contributed by atoms with Crippen LogP contribution in [0, 0.1) is 0 Å². The van der Waals surface area contributed by atoms with Gasteiger partial charge in [-0.05, 0) is 52.0 Å². The zero-order valence-corrected chi connectivity index (χ0v) is 17.6. The molecule has 0 N–H and O–H groups in total. The van der Waals surface area contributed by atoms with E-state index in [4.69, 9.17) is 15.0 Å². The van der Waals surface area contributed by atoms with E-state index >= 15 is 0 Å². The Morgan fingerprint density at radius 2 is 1.79 bits per heavy atom. The van der Waals surface area contributed by atoms with Gasteiger partial charge in [-0.3, -0.25) is 4.90 Å². The van der Waals surface area contributed by atoms with E-state index in [1.54, 1.807) is 9.80 Å². The van der Waals surface area contributed by atoms with Crippen molar-refractivity contribution in [2.45, 2.75) is 70.2 Å². The molecular weight excluding hydrogens is 376 g/mol. The fourth-order valence-corrected chi connectivity index (χ4v) is 4.39. The molecule has 2 amide bonds. The molecule has 3 aliphatic rings. The Morgan fingerprint density at radius 1 is 1.17 bits per heavy atom. The number of hydrogen-bond acceptors (Lipinski definition) is 6. The van der Waals surface area contributed by atoms with Crippen LogP contribution in [0.2, 0.25) is 0 Å². The number of carbonyl (C=O) groups excluding carboxylic acids is 2. The quantitative estimate of drug-likeness (QED) is 0.403. The Balaban J connectivity index is 1.42. The maximum atomic E-state index is 12.2. The van der Waals surface area contributed by atoms with Crippen LogP contribution in [0.3, 0.4) is 0 Å². The van der Waals surface area contributed by atoms with Gasteiger partial charge in [-0.25, -0.2) is 9.59 Å². The number of ether oxygens (including phenoxy) is 2. The third-order valence-corrected chi connectivity index (χ3v) is 5.84. The predicted molar refractivity (Wildman–Crippen MR) is 106 cm³/mol. The van der Waals surface area contributed by atoms with Gasteiger partial charge in [0.25, 0.3) is 0 Å². The molecule has 0 aromatic heterocycles. The Morgan fingerprint density at radius 3 is 2.38 bits per heavy atom. The predicted octanol–water partition coefficient (Wildman–Crippen LogP) is 2.98. The first kappa shape index (κ1) is 21.5. The minimum absolute atomic E-state index is 0.190. The maximum Gasteiger partial charge on any atom is 0.410 e. The molecule has 1 saturated carbocycles. The second-order valence-corrected chi connectivity index (χ2v) is 9.04. The molecule has 1 aliphatic carbocycles. The molecule has 3 rings (SSSR count). The molecule has 2 heterocycles. The maximum absolute atomic E-state index is 12.2. The Labute approximate surface area is 171 Å². The summed E-state index contributed by atoms with van der Waals surface area (Å²) < 4.78 is 10.8. The second kappa shape index (κ2) is 9.09. The number of cyclic esters (lactones) is 1. The summed E-state index contributed by atoms with van der Waals surface area (Å²) in [7, 11) is 0. The first-order chi connectivity index (χ1) is 13.8. The van der Waals surface area contributed by atoms with Crippen molar-refractivity contribution in [2.75, 3.05) is 39.3 Å². The molecule has 29 heavy (non-hydrogen) atoms. The molecule has 3 fully saturated rings. The van der Waals surface area contributed by atoms with E-state index in [-0.39, 0.29) is 30.9 Å². The van der Waals surface area contributed by atoms with Crippen molar-refractivity contribution in [3.05, 3.63) is 10.4 Å². The average Bonchev–Trinajstić information content (AvgIpc) is 3.06. The molecule has 2 aliphatic heterocycles. The summed E-state index contributed by atoms with van der Waals surface area (Å²) in [6.45, 7) is 9.43. The van der Waals surface area contributed by atoms with Gasteiger partial charge in [0.2, 0.25) is 0 Å². The van der Waals surface area contributed by atoms with Crippen molar-refractivity contribution in [1.29, 1.82) is 0 Å². The summed E-state index contributed by atoms with van der Waals surface area (Å²) in [6.07, 6.45) is 3.09. The van der Waals surface area contributed by atoms with Gasteiger partial charge < -0.3 is 19.3 Å². The topological polar surface area (TPSA) is 111 Å². The van der Waals surface area contributed by atoms with Crippen LogP contribution < -0.4 is 0 Å². The van der Waals surface area contributed by atoms with Crippen LogP contribution in [0.4, 0.5) is 9.59 Å². The molecule has 0 aromatic rings. The molecule has 0 unspecified atom stereocenters. The minimum Gasteiger partial charge on any atom is -0.444 e. The normalized spacial score (nSPS) is 28.7. The zero-order chi connectivity index (χ0) is 21.0. The third-order valence-electron chi connectivity index (χ3n) is 5.84. The number of carbonyl (C=O) groups is 2. The fraction of sp³-hybridized carbons (Fsp3) is 0.895. The van der Waals surface area contributed by atoms with Crippen molar-refractivity contribution >= 4 is 12.2 Å². The summed E-state index contributed by atoms with van der Waals surface area (Å²) >= 11 is 0. The van der Waals surface area contributed by atoms with Gasteiger partial charge in [-0.15, -0.1) is 0 Å². The van der Waals surface area contributed by atoms with Gasteiger partial charge in [0.15, 0.2) is 0 Å². The highest BCUT2D eigenvalue weighted by molar-refractivity contribution is 5.70. The van der Waals surface area contributed by atoms with Gasteiger partial charge in [0.1, 0.15) is 11.7 Å². The van der Waals surface area contributed by atoms with Gasteiger partial charge in [0, 0.05) is 43.2 Å². The summed E-state index contributed by atoms with van der Waals surface area (Å²) in [5, 5.41) is 3.51. The molecule has 10 heteroatoms. The lowest BCUT2D eigenvalue weighted by Crippen LogP contribution is -2.54. The molecule has 0 bridgehead atoms. The molecule has 162 valence electrons. The van der Waals surface area contributed by atoms with E-state index in [1.807, 2.05) is 20.8 Å². The Hall–Kier alpha value is -2.19. The van der Waals surface area contributed by atoms with Crippen LogP contribution >= 0.6 is 0 Å². The van der Waals surface area contributed by atoms with Crippen LogP contribution in [-0.2, 0) is 9.47 Å². The lowest BCUT2D eigenvalue weighted by atomic mass is 9.89. The highest BCUT2D eigenvalue weighted by atomic mass is 16.6. The molecule has 0 aromatic carbocycles. The highest BCUT2D eigenvalue weighted by Gasteiger charge is 2.38. The summed E-state index contributed by atoms with van der Waals surface area (Å²) in [4.78, 5) is 33.1. The van der Waals surface area contributed by atoms with E-state index in [0.717, 1.165) is 38.8 Å². The number of rotatable bonds is 4. The number of piperazine rings is 1. The van der Waals surface area contributed by atoms with E-state index in [0.29, 0.717) is 25.7 Å². The van der Waals surface area contributed by atoms with Crippen LogP contribution in [0.15, 0.2) is 5.11 Å². The zero-order valence-electron chi connectivity index (χ0n) is 17.6. The second-order valence-electron chi connectivity index (χ2n) is 9.04. The standard InChI is InChI=1S/C19H32N6O4/c1-19(2,3)29-17(26)24-10-8-23(9-11-24)14-4-6-15(7-5-14)25-13-16(12-21-22-20)28-18(25)27/h14-16H,4-13H2,1-3H3/t14?,15?,16-/m0/s1. The fourth-order valence-electron chi connectivity index (χ4n) is 4.39. The SMILES string of the molecule is CC(C)(C)OC(=O)N1CCN(C2CCC(N3C[C@H](CN=[N+]=[N-])OC3=O)CC2)CC1. The first-order valence-electron chi connectivity index (χ1n) is 10.5. The van der Waals surface area contributed by atoms with E-state index in [9.17, 15) is 9.59 Å². The lowest BCUT2D eigenvalue weighted by Gasteiger charge is -2.43. The van der Waals surface area contributed by atoms with Crippen LogP contribution in [0.25, 0.3) is 10.4 Å². The molecule has 2 saturated heterocycles. The number of nitrogens with zero attached hydrogens (tertiary/aromatic N) is 6. The van der Waals surface area contributed by atoms with E-state index < -0.39 is 5.60 Å². The van der Waals surface area contributed by atoms with Crippen molar-refractivity contribution in [3.63, 3.8) is 0 Å². The van der Waals surface area contributed by atoms with Gasteiger partial charge in [0.05, 0.1) is 13.1 Å². The van der Waals surface area contributed by atoms with Crippen molar-refractivity contribution in [3.8, 4) is 0 Å². The summed E-state index contributed by atoms with van der Waals surface area (Å²) in [5.74, 6) is 0. The molecule has 0 spiro atoms. The number of amides is 2. The Bertz CT molecular complexity index is 644. The lowest BCUT2D eigenvalue weighted by molar-refractivity contribution is 0.00673. The minimum atomic E-state index is -0.469. The Kier molecular flexibility index (Phi) is 6.74. The van der Waals surface area contributed by atoms with Crippen LogP contribution in [-0.4, -0.2) is 89.9 Å². The first-order valence-corrected chi connectivity index (χ1v) is 10.5. The monoisotopic (exact) mass is 408 g/mol. The number of hydrogen-bond donors (Lipinski definition) is 0. The van der Waals surface area contributed by atoms with E-state index in [2.05, 4.69) is 14.9 Å². The third kappa shape index (κ3) is 5.67. The summed E-state index contributed by atoms with van der Waals surface area (Å²) in [5.41, 5.74) is 7.96. The van der Waals surface area contributed by atoms with Crippen LogP contribution in [0.5, 0.6) is 0 Å². The highest BCUT2D eigenvalue weighted by Crippen LogP contribution is 2.30.